The second kappa shape index (κ2) is 6.78. The topological polar surface area (TPSA) is 120 Å². The van der Waals surface area contributed by atoms with E-state index in [0.29, 0.717) is 0 Å². The molecule has 0 aromatic carbocycles. The third-order valence-corrected chi connectivity index (χ3v) is 5.41. The maximum absolute atomic E-state index is 11.8. The number of rotatable bonds is 7. The van der Waals surface area contributed by atoms with Crippen molar-refractivity contribution in [3.63, 3.8) is 0 Å². The van der Waals surface area contributed by atoms with E-state index in [1.54, 1.807) is 13.8 Å². The Balaban J connectivity index is 2.95. The van der Waals surface area contributed by atoms with Crippen LogP contribution in [0.15, 0.2) is 15.8 Å². The van der Waals surface area contributed by atoms with Gasteiger partial charge in [0.1, 0.15) is 0 Å². The minimum absolute atomic E-state index is 0.0817. The Morgan fingerprint density at radius 3 is 2.27 bits per heavy atom. The fraction of sp³-hybridized carbons (Fsp3) is 0.667. The first-order valence-corrected chi connectivity index (χ1v) is 8.33. The first-order valence-electron chi connectivity index (χ1n) is 6.71. The molecule has 1 rings (SSSR count). The Kier molecular flexibility index (Phi) is 5.75. The quantitative estimate of drug-likeness (QED) is 0.529. The molecule has 22 heavy (non-hydrogen) atoms. The Bertz CT molecular complexity index is 684. The highest BCUT2D eigenvalue weighted by Gasteiger charge is 2.45. The molecule has 10 heteroatoms. The molecule has 0 radical (unpaired) electrons. The van der Waals surface area contributed by atoms with Gasteiger partial charge in [-0.25, -0.2) is 4.79 Å². The first-order chi connectivity index (χ1) is 10.1. The first kappa shape index (κ1) is 18.6. The molecule has 0 aliphatic carbocycles. The molecule has 0 bridgehead atoms. The van der Waals surface area contributed by atoms with Crippen molar-refractivity contribution < 1.29 is 23.9 Å². The zero-order valence-corrected chi connectivity index (χ0v) is 13.9. The third-order valence-electron chi connectivity index (χ3n) is 3.58. The number of aryl methyl sites for hydroxylation is 1. The summed E-state index contributed by atoms with van der Waals surface area (Å²) in [6.45, 7) is 4.15. The van der Waals surface area contributed by atoms with Gasteiger partial charge >= 0.3 is 13.3 Å². The number of aromatic nitrogens is 2. The highest BCUT2D eigenvalue weighted by molar-refractivity contribution is 7.53. The highest BCUT2D eigenvalue weighted by atomic mass is 31.2. The minimum atomic E-state index is -4.51. The summed E-state index contributed by atoms with van der Waals surface area (Å²) >= 11 is 0. The highest BCUT2D eigenvalue weighted by Crippen LogP contribution is 2.55. The maximum Gasteiger partial charge on any atom is 0.363 e. The van der Waals surface area contributed by atoms with Crippen molar-refractivity contribution in [1.29, 1.82) is 0 Å². The van der Waals surface area contributed by atoms with Crippen LogP contribution in [0.2, 0.25) is 0 Å². The molecule has 9 nitrogen and oxygen atoms in total. The molecule has 0 fully saturated rings. The summed E-state index contributed by atoms with van der Waals surface area (Å²) in [4.78, 5) is 47.3. The molecule has 1 heterocycles. The summed E-state index contributed by atoms with van der Waals surface area (Å²) in [5, 5.41) is -1.66. The molecule has 2 N–H and O–H groups in total. The van der Waals surface area contributed by atoms with E-state index in [1.165, 1.54) is 20.2 Å². The van der Waals surface area contributed by atoms with Gasteiger partial charge in [-0.15, -0.1) is 4.73 Å². The molecule has 126 valence electrons. The Morgan fingerprint density at radius 1 is 1.27 bits per heavy atom. The molecule has 0 atom stereocenters. The van der Waals surface area contributed by atoms with Gasteiger partial charge in [-0.3, -0.25) is 13.9 Å². The van der Waals surface area contributed by atoms with Gasteiger partial charge in [-0.2, -0.15) is 0 Å². The predicted octanol–water partition coefficient (Wildman–Crippen LogP) is -0.0479. The minimum Gasteiger partial charge on any atom is -0.381 e. The molecule has 0 amide bonds. The summed E-state index contributed by atoms with van der Waals surface area (Å²) in [6.07, 6.45) is 1.36. The van der Waals surface area contributed by atoms with E-state index in [4.69, 9.17) is 9.57 Å². The molecule has 0 unspecified atom stereocenters. The van der Waals surface area contributed by atoms with Crippen molar-refractivity contribution >= 4 is 7.60 Å². The zero-order chi connectivity index (χ0) is 17.1. The number of hydrogen-bond donors (Lipinski definition) is 2. The largest absolute Gasteiger partial charge is 0.381 e. The monoisotopic (exact) mass is 336 g/mol. The summed E-state index contributed by atoms with van der Waals surface area (Å²) in [7, 11) is -3.21. The summed E-state index contributed by atoms with van der Waals surface area (Å²) in [5.74, 6) is 0. The van der Waals surface area contributed by atoms with Gasteiger partial charge < -0.3 is 19.4 Å². The van der Waals surface area contributed by atoms with Crippen LogP contribution >= 0.6 is 7.60 Å². The molecule has 0 aliphatic rings. The summed E-state index contributed by atoms with van der Waals surface area (Å²) in [6, 6.07) is 0. The van der Waals surface area contributed by atoms with Crippen LogP contribution in [0.25, 0.3) is 0 Å². The van der Waals surface area contributed by atoms with E-state index in [2.05, 4.69) is 0 Å². The van der Waals surface area contributed by atoms with Crippen LogP contribution in [0.4, 0.5) is 0 Å². The lowest BCUT2D eigenvalue weighted by molar-refractivity contribution is -0.123. The van der Waals surface area contributed by atoms with E-state index in [0.717, 1.165) is 9.30 Å². The zero-order valence-electron chi connectivity index (χ0n) is 13.0. The lowest BCUT2D eigenvalue weighted by atomic mass is 10.2. The fourth-order valence-electron chi connectivity index (χ4n) is 2.02. The van der Waals surface area contributed by atoms with Crippen LogP contribution in [0.5, 0.6) is 0 Å². The van der Waals surface area contributed by atoms with Gasteiger partial charge in [0.2, 0.25) is 6.79 Å². The maximum atomic E-state index is 11.8. The molecular weight excluding hydrogens is 315 g/mol. The molecule has 0 spiro atoms. The van der Waals surface area contributed by atoms with Crippen LogP contribution in [-0.4, -0.2) is 31.2 Å². The van der Waals surface area contributed by atoms with Crippen LogP contribution < -0.4 is 16.1 Å². The Morgan fingerprint density at radius 2 is 1.82 bits per heavy atom. The smallest absolute Gasteiger partial charge is 0.363 e. The van der Waals surface area contributed by atoms with E-state index >= 15 is 0 Å². The van der Waals surface area contributed by atoms with E-state index < -0.39 is 31.0 Å². The van der Waals surface area contributed by atoms with Crippen LogP contribution in [0, 0.1) is 6.92 Å². The van der Waals surface area contributed by atoms with E-state index in [9.17, 15) is 23.9 Å². The lowest BCUT2D eigenvalue weighted by Crippen LogP contribution is -2.43. The number of hydrogen-bond acceptors (Lipinski definition) is 5. The number of nitrogens with zero attached hydrogens (tertiary/aromatic N) is 2. The van der Waals surface area contributed by atoms with Gasteiger partial charge in [0, 0.05) is 12.6 Å². The SMILES string of the molecule is CCC(CC)(OCOn1cc(C)c(=O)n(C)c1=O)P(=O)(O)O. The van der Waals surface area contributed by atoms with Gasteiger partial charge in [-0.05, 0) is 19.8 Å². The second-order valence-electron chi connectivity index (χ2n) is 4.87. The molecule has 1 aromatic rings. The molecule has 0 aliphatic heterocycles. The Labute approximate surface area is 127 Å². The molecule has 1 aromatic heterocycles. The fourth-order valence-corrected chi connectivity index (χ4v) is 3.07. The van der Waals surface area contributed by atoms with Crippen LogP contribution in [0.1, 0.15) is 32.3 Å². The van der Waals surface area contributed by atoms with Crippen molar-refractivity contribution in [3.8, 4) is 0 Å². The molecule has 0 saturated carbocycles. The van der Waals surface area contributed by atoms with Gasteiger partial charge in [0.15, 0.2) is 5.34 Å². The average molecular weight is 336 g/mol. The van der Waals surface area contributed by atoms with Crippen LogP contribution in [-0.2, 0) is 16.3 Å². The summed E-state index contributed by atoms with van der Waals surface area (Å²) in [5.41, 5.74) is -0.874. The normalized spacial score (nSPS) is 12.5. The van der Waals surface area contributed by atoms with Crippen molar-refractivity contribution in [1.82, 2.24) is 9.30 Å². The van der Waals surface area contributed by atoms with Gasteiger partial charge in [-0.1, -0.05) is 13.8 Å². The van der Waals surface area contributed by atoms with E-state index in [-0.39, 0.29) is 18.4 Å². The standard InChI is InChI=1S/C12H21N2O7P/c1-5-12(6-2,22(17,18)19)20-8-21-14-7-9(3)10(15)13(4)11(14)16/h7H,5-6,8H2,1-4H3,(H2,17,18,19). The third kappa shape index (κ3) is 3.49. The van der Waals surface area contributed by atoms with E-state index in [1.807, 2.05) is 0 Å². The second-order valence-corrected chi connectivity index (χ2v) is 6.78. The molecule has 0 saturated heterocycles. The average Bonchev–Trinajstić information content (AvgIpc) is 2.45. The molecular formula is C12H21N2O7P. The predicted molar refractivity (Wildman–Crippen MR) is 78.6 cm³/mol. The Hall–Kier alpha value is -1.41. The van der Waals surface area contributed by atoms with Crippen molar-refractivity contribution in [2.75, 3.05) is 6.79 Å². The van der Waals surface area contributed by atoms with Gasteiger partial charge in [0.25, 0.3) is 5.56 Å². The van der Waals surface area contributed by atoms with Crippen molar-refractivity contribution in [3.05, 3.63) is 32.6 Å². The summed E-state index contributed by atoms with van der Waals surface area (Å²) < 4.78 is 18.5. The van der Waals surface area contributed by atoms with Crippen molar-refractivity contribution in [2.24, 2.45) is 7.05 Å². The van der Waals surface area contributed by atoms with Gasteiger partial charge in [0.05, 0.1) is 6.20 Å². The van der Waals surface area contributed by atoms with Crippen molar-refractivity contribution in [2.45, 2.75) is 39.0 Å². The number of ether oxygens (including phenoxy) is 1. The van der Waals surface area contributed by atoms with Crippen LogP contribution in [0.3, 0.4) is 0 Å². The lowest BCUT2D eigenvalue weighted by Gasteiger charge is -2.31.